The molecule has 5 rings (SSSR count). The zero-order valence-corrected chi connectivity index (χ0v) is 21.5. The summed E-state index contributed by atoms with van der Waals surface area (Å²) in [6.07, 6.45) is 6.56. The van der Waals surface area contributed by atoms with Crippen molar-refractivity contribution in [3.8, 4) is 16.2 Å². The Labute approximate surface area is 205 Å². The van der Waals surface area contributed by atoms with Crippen LogP contribution in [0.4, 0.5) is 5.82 Å². The Morgan fingerprint density at radius 3 is 2.65 bits per heavy atom. The second-order valence-electron chi connectivity index (χ2n) is 9.51. The lowest BCUT2D eigenvalue weighted by Gasteiger charge is -2.33. The third-order valence-electron chi connectivity index (χ3n) is 7.08. The second kappa shape index (κ2) is 9.52. The molecule has 0 bridgehead atoms. The Kier molecular flexibility index (Phi) is 6.46. The minimum absolute atomic E-state index is 0.548. The molecule has 0 aliphatic heterocycles. The van der Waals surface area contributed by atoms with Gasteiger partial charge in [-0.1, -0.05) is 6.07 Å². The van der Waals surface area contributed by atoms with Gasteiger partial charge < -0.3 is 20.3 Å². The summed E-state index contributed by atoms with van der Waals surface area (Å²) in [5.74, 6) is 1.76. The summed E-state index contributed by atoms with van der Waals surface area (Å²) in [7, 11) is 8.04. The highest BCUT2D eigenvalue weighted by Crippen LogP contribution is 2.42. The molecule has 2 N–H and O–H groups in total. The number of benzene rings is 1. The van der Waals surface area contributed by atoms with Crippen LogP contribution in [0.5, 0.6) is 5.75 Å². The van der Waals surface area contributed by atoms with Crippen molar-refractivity contribution < 1.29 is 4.74 Å². The van der Waals surface area contributed by atoms with Gasteiger partial charge in [0.2, 0.25) is 0 Å². The molecule has 0 spiro atoms. The minimum atomic E-state index is 0.548. The molecule has 1 fully saturated rings. The molecule has 1 aromatic carbocycles. The number of thiophene rings is 1. The largest absolute Gasteiger partial charge is 0.495 e. The van der Waals surface area contributed by atoms with Crippen molar-refractivity contribution in [2.24, 2.45) is 0 Å². The third-order valence-corrected chi connectivity index (χ3v) is 8.27. The van der Waals surface area contributed by atoms with Gasteiger partial charge >= 0.3 is 0 Å². The number of methoxy groups -OCH3 is 1. The number of ether oxygens (including phenoxy) is 1. The number of nitrogens with zero attached hydrogens (tertiary/aromatic N) is 4. The van der Waals surface area contributed by atoms with Gasteiger partial charge in [0.1, 0.15) is 17.6 Å². The Morgan fingerprint density at radius 1 is 1.15 bits per heavy atom. The van der Waals surface area contributed by atoms with E-state index in [0.29, 0.717) is 12.1 Å². The van der Waals surface area contributed by atoms with E-state index in [0.717, 1.165) is 34.9 Å². The smallest absolute Gasteiger partial charge is 0.154 e. The highest BCUT2D eigenvalue weighted by molar-refractivity contribution is 7.22. The molecule has 0 unspecified atom stereocenters. The van der Waals surface area contributed by atoms with Crippen LogP contribution in [0.15, 0.2) is 30.6 Å². The zero-order chi connectivity index (χ0) is 23.8. The molecule has 1 aliphatic rings. The predicted octanol–water partition coefficient (Wildman–Crippen LogP) is 4.93. The maximum absolute atomic E-state index is 5.68. The van der Waals surface area contributed by atoms with Crippen LogP contribution in [-0.2, 0) is 6.54 Å². The van der Waals surface area contributed by atoms with Crippen molar-refractivity contribution in [3.05, 3.63) is 41.9 Å². The predicted molar refractivity (Wildman–Crippen MR) is 141 cm³/mol. The van der Waals surface area contributed by atoms with Crippen LogP contribution in [0.2, 0.25) is 0 Å². The lowest BCUT2D eigenvalue weighted by Crippen LogP contribution is -2.39. The van der Waals surface area contributed by atoms with Crippen LogP contribution in [0.3, 0.4) is 0 Å². The van der Waals surface area contributed by atoms with E-state index in [1.54, 1.807) is 24.8 Å². The maximum Gasteiger partial charge on any atom is 0.154 e. The number of rotatable bonds is 7. The van der Waals surface area contributed by atoms with Gasteiger partial charge in [0.05, 0.1) is 17.5 Å². The minimum Gasteiger partial charge on any atom is -0.495 e. The average Bonchev–Trinajstić information content (AvgIpc) is 3.43. The molecular weight excluding hydrogens is 444 g/mol. The lowest BCUT2D eigenvalue weighted by atomic mass is 9.90. The van der Waals surface area contributed by atoms with E-state index in [4.69, 9.17) is 4.74 Å². The van der Waals surface area contributed by atoms with Crippen molar-refractivity contribution in [2.45, 2.75) is 51.2 Å². The van der Waals surface area contributed by atoms with Gasteiger partial charge in [-0.15, -0.1) is 11.3 Å². The van der Waals surface area contributed by atoms with Crippen LogP contribution >= 0.6 is 11.3 Å². The maximum atomic E-state index is 5.68. The number of aryl methyl sites for hydroxylation is 1. The van der Waals surface area contributed by atoms with Crippen molar-refractivity contribution >= 4 is 32.8 Å². The standard InChI is InChI=1S/C26H34N6OS/c1-16-10-17-12-23(34-25(17)22(11-16)33-5)21-13-20(32-24(21)26(27-2)29-15-30-32)14-28-18-6-8-19(9-7-18)31(3)4/h10-13,15,18-19,28H,6-9,14H2,1-5H3,(H,27,29,30). The quantitative estimate of drug-likeness (QED) is 0.393. The Morgan fingerprint density at radius 2 is 1.94 bits per heavy atom. The second-order valence-corrected chi connectivity index (χ2v) is 10.6. The van der Waals surface area contributed by atoms with Gasteiger partial charge in [-0.05, 0) is 75.9 Å². The molecule has 3 aromatic heterocycles. The molecule has 4 aromatic rings. The summed E-state index contributed by atoms with van der Waals surface area (Å²) < 4.78 is 8.89. The van der Waals surface area contributed by atoms with Crippen molar-refractivity contribution in [1.29, 1.82) is 0 Å². The highest BCUT2D eigenvalue weighted by Gasteiger charge is 2.23. The van der Waals surface area contributed by atoms with Crippen molar-refractivity contribution in [1.82, 2.24) is 24.8 Å². The van der Waals surface area contributed by atoms with Crippen LogP contribution in [-0.4, -0.2) is 59.8 Å². The highest BCUT2D eigenvalue weighted by atomic mass is 32.1. The fourth-order valence-electron chi connectivity index (χ4n) is 5.20. The molecule has 7 nitrogen and oxygen atoms in total. The third kappa shape index (κ3) is 4.26. The molecule has 0 saturated heterocycles. The summed E-state index contributed by atoms with van der Waals surface area (Å²) in [4.78, 5) is 8.07. The first-order valence-corrected chi connectivity index (χ1v) is 12.8. The number of nitrogens with one attached hydrogen (secondary N) is 2. The van der Waals surface area contributed by atoms with Crippen LogP contribution < -0.4 is 15.4 Å². The molecular formula is C26H34N6OS. The van der Waals surface area contributed by atoms with Gasteiger partial charge in [0.15, 0.2) is 5.82 Å². The van der Waals surface area contributed by atoms with Crippen LogP contribution in [0, 0.1) is 6.92 Å². The number of anilines is 1. The Balaban J connectivity index is 1.49. The summed E-state index contributed by atoms with van der Waals surface area (Å²) in [5.41, 5.74) is 4.52. The summed E-state index contributed by atoms with van der Waals surface area (Å²) >= 11 is 1.76. The van der Waals surface area contributed by atoms with Crippen molar-refractivity contribution in [2.75, 3.05) is 33.6 Å². The summed E-state index contributed by atoms with van der Waals surface area (Å²) in [6.45, 7) is 2.89. The molecule has 0 amide bonds. The normalized spacial score (nSPS) is 18.8. The van der Waals surface area contributed by atoms with E-state index in [9.17, 15) is 0 Å². The topological polar surface area (TPSA) is 66.7 Å². The molecule has 34 heavy (non-hydrogen) atoms. The zero-order valence-electron chi connectivity index (χ0n) is 20.7. The van der Waals surface area contributed by atoms with Gasteiger partial charge in [0.25, 0.3) is 0 Å². The fourth-order valence-corrected chi connectivity index (χ4v) is 6.35. The molecule has 1 aliphatic carbocycles. The summed E-state index contributed by atoms with van der Waals surface area (Å²) in [5, 5.41) is 12.9. The Bertz CT molecular complexity index is 1300. The van der Waals surface area contributed by atoms with Crippen LogP contribution in [0.25, 0.3) is 26.0 Å². The number of hydrogen-bond acceptors (Lipinski definition) is 7. The number of aromatic nitrogens is 3. The first-order valence-electron chi connectivity index (χ1n) is 12.0. The van der Waals surface area contributed by atoms with Crippen LogP contribution in [0.1, 0.15) is 36.9 Å². The lowest BCUT2D eigenvalue weighted by molar-refractivity contribution is 0.204. The molecule has 3 heterocycles. The van der Waals surface area contributed by atoms with E-state index >= 15 is 0 Å². The van der Waals surface area contributed by atoms with E-state index in [-0.39, 0.29) is 0 Å². The molecule has 8 heteroatoms. The molecule has 180 valence electrons. The van der Waals surface area contributed by atoms with Gasteiger partial charge in [-0.3, -0.25) is 0 Å². The molecule has 0 radical (unpaired) electrons. The fraction of sp³-hybridized carbons (Fsp3) is 0.462. The number of fused-ring (bicyclic) bond motifs is 2. The molecule has 0 atom stereocenters. The van der Waals surface area contributed by atoms with Gasteiger partial charge in [0, 0.05) is 36.1 Å². The first kappa shape index (κ1) is 23.1. The monoisotopic (exact) mass is 478 g/mol. The summed E-state index contributed by atoms with van der Waals surface area (Å²) in [6, 6.07) is 10.1. The average molecular weight is 479 g/mol. The van der Waals surface area contributed by atoms with E-state index in [2.05, 4.69) is 70.9 Å². The van der Waals surface area contributed by atoms with E-state index in [1.807, 2.05) is 11.6 Å². The van der Waals surface area contributed by atoms with E-state index < -0.39 is 0 Å². The van der Waals surface area contributed by atoms with Gasteiger partial charge in [-0.25, -0.2) is 9.50 Å². The first-order chi connectivity index (χ1) is 16.5. The molecule has 1 saturated carbocycles. The number of hydrogen-bond donors (Lipinski definition) is 2. The van der Waals surface area contributed by atoms with Gasteiger partial charge in [-0.2, -0.15) is 5.10 Å². The SMILES string of the molecule is CNc1ncnn2c(CNC3CCC(N(C)C)CC3)cc(-c3cc4cc(C)cc(OC)c4s3)c12. The van der Waals surface area contributed by atoms with Crippen molar-refractivity contribution in [3.63, 3.8) is 0 Å². The Hall–Kier alpha value is -2.68. The van der Waals surface area contributed by atoms with E-state index in [1.165, 1.54) is 46.2 Å².